The van der Waals surface area contributed by atoms with E-state index >= 15 is 0 Å². The molecule has 3 N–H and O–H groups in total. The SMILES string of the molecule is NC(C(=O)N1CCC1)C1CCCC1O. The van der Waals surface area contributed by atoms with E-state index in [1.165, 1.54) is 0 Å². The van der Waals surface area contributed by atoms with Gasteiger partial charge in [0.25, 0.3) is 0 Å². The van der Waals surface area contributed by atoms with Crippen molar-refractivity contribution in [3.8, 4) is 0 Å². The van der Waals surface area contributed by atoms with Crippen molar-refractivity contribution in [1.82, 2.24) is 4.90 Å². The molecule has 0 aromatic carbocycles. The van der Waals surface area contributed by atoms with E-state index in [1.807, 2.05) is 0 Å². The molecular weight excluding hydrogens is 180 g/mol. The molecule has 0 aromatic rings. The minimum absolute atomic E-state index is 0.0110. The Hall–Kier alpha value is -0.610. The molecule has 4 nitrogen and oxygen atoms in total. The summed E-state index contributed by atoms with van der Waals surface area (Å²) in [6, 6.07) is -0.479. The topological polar surface area (TPSA) is 66.6 Å². The van der Waals surface area contributed by atoms with Crippen LogP contribution in [0.25, 0.3) is 0 Å². The van der Waals surface area contributed by atoms with E-state index in [9.17, 15) is 9.90 Å². The summed E-state index contributed by atoms with van der Waals surface area (Å²) in [6.07, 6.45) is 3.40. The first-order chi connectivity index (χ1) is 6.70. The molecule has 0 spiro atoms. The number of hydrogen-bond donors (Lipinski definition) is 2. The number of likely N-dealkylation sites (tertiary alicyclic amines) is 1. The first-order valence-electron chi connectivity index (χ1n) is 5.42. The number of aliphatic hydroxyl groups is 1. The lowest BCUT2D eigenvalue weighted by atomic mass is 9.95. The van der Waals surface area contributed by atoms with Crippen LogP contribution in [0.5, 0.6) is 0 Å². The van der Waals surface area contributed by atoms with E-state index in [2.05, 4.69) is 0 Å². The highest BCUT2D eigenvalue weighted by Crippen LogP contribution is 2.28. The smallest absolute Gasteiger partial charge is 0.239 e. The largest absolute Gasteiger partial charge is 0.393 e. The zero-order valence-corrected chi connectivity index (χ0v) is 8.35. The molecule has 80 valence electrons. The number of carbonyl (C=O) groups is 1. The van der Waals surface area contributed by atoms with Crippen LogP contribution in [0.15, 0.2) is 0 Å². The summed E-state index contributed by atoms with van der Waals surface area (Å²) in [7, 11) is 0. The fraction of sp³-hybridized carbons (Fsp3) is 0.900. The molecule has 1 amide bonds. The van der Waals surface area contributed by atoms with Gasteiger partial charge in [0.2, 0.25) is 5.91 Å². The van der Waals surface area contributed by atoms with Crippen LogP contribution in [0.4, 0.5) is 0 Å². The number of amides is 1. The monoisotopic (exact) mass is 198 g/mol. The molecule has 4 heteroatoms. The summed E-state index contributed by atoms with van der Waals surface area (Å²) >= 11 is 0. The van der Waals surface area contributed by atoms with E-state index in [-0.39, 0.29) is 17.9 Å². The van der Waals surface area contributed by atoms with Gasteiger partial charge in [-0.3, -0.25) is 4.79 Å². The molecule has 1 aliphatic carbocycles. The van der Waals surface area contributed by atoms with Crippen LogP contribution >= 0.6 is 0 Å². The lowest BCUT2D eigenvalue weighted by molar-refractivity contribution is -0.138. The highest BCUT2D eigenvalue weighted by Gasteiger charge is 2.37. The minimum atomic E-state index is -0.479. The molecule has 0 bridgehead atoms. The van der Waals surface area contributed by atoms with Gasteiger partial charge in [0.15, 0.2) is 0 Å². The standard InChI is InChI=1S/C10H18N2O2/c11-9(7-3-1-4-8(7)13)10(14)12-5-2-6-12/h7-9,13H,1-6,11H2. The Morgan fingerprint density at radius 3 is 2.50 bits per heavy atom. The van der Waals surface area contributed by atoms with E-state index in [1.54, 1.807) is 4.90 Å². The van der Waals surface area contributed by atoms with Gasteiger partial charge in [-0.05, 0) is 19.3 Å². The third-order valence-electron chi connectivity index (χ3n) is 3.45. The zero-order chi connectivity index (χ0) is 10.1. The molecule has 0 radical (unpaired) electrons. The van der Waals surface area contributed by atoms with Crippen molar-refractivity contribution in [3.05, 3.63) is 0 Å². The molecule has 0 aromatic heterocycles. The third-order valence-corrected chi connectivity index (χ3v) is 3.45. The molecule has 3 unspecified atom stereocenters. The maximum atomic E-state index is 11.7. The Morgan fingerprint density at radius 1 is 1.36 bits per heavy atom. The number of aliphatic hydroxyl groups excluding tert-OH is 1. The van der Waals surface area contributed by atoms with Crippen LogP contribution in [0.3, 0.4) is 0 Å². The number of nitrogens with zero attached hydrogens (tertiary/aromatic N) is 1. The van der Waals surface area contributed by atoms with Crippen LogP contribution in [-0.4, -0.2) is 41.1 Å². The van der Waals surface area contributed by atoms with E-state index in [0.29, 0.717) is 0 Å². The summed E-state index contributed by atoms with van der Waals surface area (Å²) in [5.41, 5.74) is 5.87. The quantitative estimate of drug-likeness (QED) is 0.640. The van der Waals surface area contributed by atoms with Crippen molar-refractivity contribution in [2.75, 3.05) is 13.1 Å². The Morgan fingerprint density at radius 2 is 2.07 bits per heavy atom. The fourth-order valence-corrected chi connectivity index (χ4v) is 2.32. The maximum absolute atomic E-state index is 11.7. The average molecular weight is 198 g/mol. The lowest BCUT2D eigenvalue weighted by Crippen LogP contribution is -2.53. The van der Waals surface area contributed by atoms with Crippen molar-refractivity contribution in [3.63, 3.8) is 0 Å². The van der Waals surface area contributed by atoms with Crippen molar-refractivity contribution < 1.29 is 9.90 Å². The summed E-state index contributed by atoms with van der Waals surface area (Å²) in [5, 5.41) is 9.63. The van der Waals surface area contributed by atoms with Gasteiger partial charge in [-0.15, -0.1) is 0 Å². The first kappa shape index (κ1) is 9.93. The van der Waals surface area contributed by atoms with Crippen LogP contribution in [0.1, 0.15) is 25.7 Å². The predicted octanol–water partition coefficient (Wildman–Crippen LogP) is -0.293. The molecule has 14 heavy (non-hydrogen) atoms. The second kappa shape index (κ2) is 3.87. The molecule has 1 heterocycles. The van der Waals surface area contributed by atoms with Gasteiger partial charge >= 0.3 is 0 Å². The molecular formula is C10H18N2O2. The summed E-state index contributed by atoms with van der Waals surface area (Å²) < 4.78 is 0. The van der Waals surface area contributed by atoms with E-state index in [4.69, 9.17) is 5.73 Å². The molecule has 2 rings (SSSR count). The summed E-state index contributed by atoms with van der Waals surface area (Å²) in [4.78, 5) is 13.5. The van der Waals surface area contributed by atoms with Crippen molar-refractivity contribution >= 4 is 5.91 Å². The van der Waals surface area contributed by atoms with Gasteiger partial charge in [0, 0.05) is 19.0 Å². The predicted molar refractivity (Wildman–Crippen MR) is 52.5 cm³/mol. The van der Waals surface area contributed by atoms with Crippen molar-refractivity contribution in [2.45, 2.75) is 37.8 Å². The minimum Gasteiger partial charge on any atom is -0.393 e. The highest BCUT2D eigenvalue weighted by atomic mass is 16.3. The normalized spacial score (nSPS) is 34.0. The van der Waals surface area contributed by atoms with Crippen molar-refractivity contribution in [2.24, 2.45) is 11.7 Å². The Bertz CT molecular complexity index is 228. The Labute approximate surface area is 84.1 Å². The summed E-state index contributed by atoms with van der Waals surface area (Å²) in [5.74, 6) is 0.0188. The number of rotatable bonds is 2. The zero-order valence-electron chi connectivity index (χ0n) is 8.35. The number of nitrogens with two attached hydrogens (primary N) is 1. The van der Waals surface area contributed by atoms with Crippen molar-refractivity contribution in [1.29, 1.82) is 0 Å². The molecule has 3 atom stereocenters. The fourth-order valence-electron chi connectivity index (χ4n) is 2.32. The van der Waals surface area contributed by atoms with E-state index < -0.39 is 6.04 Å². The van der Waals surface area contributed by atoms with Gasteiger partial charge in [-0.1, -0.05) is 6.42 Å². The van der Waals surface area contributed by atoms with Crippen LogP contribution in [0.2, 0.25) is 0 Å². The Kier molecular flexibility index (Phi) is 2.74. The van der Waals surface area contributed by atoms with E-state index in [0.717, 1.165) is 38.8 Å². The Balaban J connectivity index is 1.92. The number of hydrogen-bond acceptors (Lipinski definition) is 3. The third kappa shape index (κ3) is 1.64. The molecule has 1 saturated carbocycles. The van der Waals surface area contributed by atoms with Crippen LogP contribution < -0.4 is 5.73 Å². The van der Waals surface area contributed by atoms with Gasteiger partial charge in [-0.25, -0.2) is 0 Å². The average Bonchev–Trinajstić information content (AvgIpc) is 2.47. The van der Waals surface area contributed by atoms with Gasteiger partial charge in [0.05, 0.1) is 12.1 Å². The maximum Gasteiger partial charge on any atom is 0.239 e. The van der Waals surface area contributed by atoms with Gasteiger partial charge < -0.3 is 15.7 Å². The first-order valence-corrected chi connectivity index (χ1v) is 5.42. The molecule has 2 aliphatic rings. The lowest BCUT2D eigenvalue weighted by Gasteiger charge is -2.35. The molecule has 1 saturated heterocycles. The van der Waals surface area contributed by atoms with Crippen LogP contribution in [-0.2, 0) is 4.79 Å². The second-order valence-corrected chi connectivity index (χ2v) is 4.37. The summed E-state index contributed by atoms with van der Waals surface area (Å²) in [6.45, 7) is 1.69. The molecule has 1 aliphatic heterocycles. The number of carbonyl (C=O) groups excluding carboxylic acids is 1. The second-order valence-electron chi connectivity index (χ2n) is 4.37. The van der Waals surface area contributed by atoms with Gasteiger partial charge in [-0.2, -0.15) is 0 Å². The van der Waals surface area contributed by atoms with Crippen LogP contribution in [0, 0.1) is 5.92 Å². The van der Waals surface area contributed by atoms with Gasteiger partial charge in [0.1, 0.15) is 0 Å². The highest BCUT2D eigenvalue weighted by molar-refractivity contribution is 5.82. The molecule has 2 fully saturated rings.